The standard InChI is InChI=1S/C23H33N5O3/c1-14(2)11-27(20-21(24)28(12-15(3)4)23(31)25-22(20)30)19(29)13-26-16(5)10-17-8-6-7-9-18(17)26/h6-9,14-16H,10-13,24H2,1-5H3,(H,25,30,31). The van der Waals surface area contributed by atoms with Crippen LogP contribution in [0.5, 0.6) is 0 Å². The molecule has 31 heavy (non-hydrogen) atoms. The van der Waals surface area contributed by atoms with Crippen molar-refractivity contribution in [3.8, 4) is 0 Å². The van der Waals surface area contributed by atoms with E-state index in [1.807, 2.05) is 45.9 Å². The fraction of sp³-hybridized carbons (Fsp3) is 0.522. The molecule has 3 rings (SSSR count). The molecule has 0 saturated carbocycles. The first kappa shape index (κ1) is 22.7. The van der Waals surface area contributed by atoms with Crippen LogP contribution in [-0.2, 0) is 17.8 Å². The van der Waals surface area contributed by atoms with Crippen LogP contribution in [0.2, 0.25) is 0 Å². The van der Waals surface area contributed by atoms with Gasteiger partial charge in [-0.05, 0) is 36.8 Å². The van der Waals surface area contributed by atoms with Gasteiger partial charge in [0, 0.05) is 24.8 Å². The Morgan fingerprint density at radius 3 is 2.52 bits per heavy atom. The lowest BCUT2D eigenvalue weighted by atomic mass is 10.1. The van der Waals surface area contributed by atoms with Crippen molar-refractivity contribution >= 4 is 23.1 Å². The summed E-state index contributed by atoms with van der Waals surface area (Å²) in [6.45, 7) is 10.8. The first-order valence-electron chi connectivity index (χ1n) is 10.9. The molecule has 0 aliphatic carbocycles. The lowest BCUT2D eigenvalue weighted by Gasteiger charge is -2.30. The molecule has 168 valence electrons. The van der Waals surface area contributed by atoms with Gasteiger partial charge < -0.3 is 15.5 Å². The molecule has 1 amide bonds. The smallest absolute Gasteiger partial charge is 0.330 e. The second-order valence-electron chi connectivity index (χ2n) is 9.21. The number of carbonyl (C=O) groups is 1. The summed E-state index contributed by atoms with van der Waals surface area (Å²) in [6, 6.07) is 8.23. The van der Waals surface area contributed by atoms with Crippen LogP contribution in [0, 0.1) is 11.8 Å². The van der Waals surface area contributed by atoms with Crippen LogP contribution in [0.3, 0.4) is 0 Å². The second-order valence-corrected chi connectivity index (χ2v) is 9.21. The van der Waals surface area contributed by atoms with E-state index in [0.29, 0.717) is 13.1 Å². The number of benzene rings is 1. The molecule has 1 aromatic heterocycles. The minimum Gasteiger partial charge on any atom is -0.383 e. The Labute approximate surface area is 182 Å². The maximum atomic E-state index is 13.5. The number of amides is 1. The van der Waals surface area contributed by atoms with Crippen molar-refractivity contribution in [3.05, 3.63) is 50.7 Å². The Bertz CT molecular complexity index is 1070. The zero-order valence-electron chi connectivity index (χ0n) is 19.0. The molecule has 0 radical (unpaired) electrons. The van der Waals surface area contributed by atoms with Crippen LogP contribution in [-0.4, -0.2) is 34.6 Å². The second kappa shape index (κ2) is 8.99. The minimum absolute atomic E-state index is 0.0336. The number of nitrogens with two attached hydrogens (primary N) is 1. The van der Waals surface area contributed by atoms with E-state index in [2.05, 4.69) is 22.9 Å². The number of nitrogens with zero attached hydrogens (tertiary/aromatic N) is 3. The summed E-state index contributed by atoms with van der Waals surface area (Å²) in [5, 5.41) is 0. The summed E-state index contributed by atoms with van der Waals surface area (Å²) < 4.78 is 1.34. The predicted molar refractivity (Wildman–Crippen MR) is 125 cm³/mol. The molecule has 0 saturated heterocycles. The number of rotatable bonds is 7. The highest BCUT2D eigenvalue weighted by Crippen LogP contribution is 2.32. The van der Waals surface area contributed by atoms with Crippen LogP contribution in [0.15, 0.2) is 33.9 Å². The molecule has 1 atom stereocenters. The van der Waals surface area contributed by atoms with Crippen LogP contribution in [0.25, 0.3) is 0 Å². The number of nitrogen functional groups attached to an aromatic ring is 1. The third-order valence-corrected chi connectivity index (χ3v) is 5.53. The van der Waals surface area contributed by atoms with Gasteiger partial charge in [-0.3, -0.25) is 19.1 Å². The lowest BCUT2D eigenvalue weighted by molar-refractivity contribution is -0.117. The van der Waals surface area contributed by atoms with Crippen molar-refractivity contribution in [2.75, 3.05) is 28.6 Å². The Balaban J connectivity index is 2.01. The monoisotopic (exact) mass is 427 g/mol. The Morgan fingerprint density at radius 2 is 1.87 bits per heavy atom. The zero-order valence-corrected chi connectivity index (χ0v) is 19.0. The summed E-state index contributed by atoms with van der Waals surface area (Å²) in [5.74, 6) is 0.0713. The van der Waals surface area contributed by atoms with Crippen molar-refractivity contribution in [1.29, 1.82) is 0 Å². The van der Waals surface area contributed by atoms with Gasteiger partial charge >= 0.3 is 5.69 Å². The third-order valence-electron chi connectivity index (χ3n) is 5.53. The molecule has 8 heteroatoms. The molecule has 1 unspecified atom stereocenters. The van der Waals surface area contributed by atoms with E-state index >= 15 is 0 Å². The number of aromatic amines is 1. The molecular formula is C23H33N5O3. The van der Waals surface area contributed by atoms with Crippen molar-refractivity contribution in [2.24, 2.45) is 11.8 Å². The fourth-order valence-electron chi connectivity index (χ4n) is 4.17. The largest absolute Gasteiger partial charge is 0.383 e. The van der Waals surface area contributed by atoms with Gasteiger partial charge in [0.1, 0.15) is 5.82 Å². The Kier molecular flexibility index (Phi) is 6.57. The van der Waals surface area contributed by atoms with E-state index in [1.54, 1.807) is 0 Å². The molecule has 2 aromatic rings. The molecule has 0 bridgehead atoms. The minimum atomic E-state index is -0.633. The number of hydrogen-bond donors (Lipinski definition) is 2. The van der Waals surface area contributed by atoms with Crippen LogP contribution in [0.1, 0.15) is 40.2 Å². The highest BCUT2D eigenvalue weighted by atomic mass is 16.2. The first-order valence-corrected chi connectivity index (χ1v) is 10.9. The maximum absolute atomic E-state index is 13.5. The van der Waals surface area contributed by atoms with Gasteiger partial charge in [-0.2, -0.15) is 0 Å². The number of carbonyl (C=O) groups excluding carboxylic acids is 1. The summed E-state index contributed by atoms with van der Waals surface area (Å²) in [7, 11) is 0. The number of anilines is 3. The van der Waals surface area contributed by atoms with Crippen molar-refractivity contribution < 1.29 is 4.79 Å². The van der Waals surface area contributed by atoms with Crippen LogP contribution < -0.4 is 26.8 Å². The fourth-order valence-corrected chi connectivity index (χ4v) is 4.17. The first-order chi connectivity index (χ1) is 14.6. The molecule has 3 N–H and O–H groups in total. The van der Waals surface area contributed by atoms with Gasteiger partial charge in [-0.15, -0.1) is 0 Å². The SMILES string of the molecule is CC(C)CN(C(=O)CN1c2ccccc2CC1C)c1c(N)n(CC(C)C)c(=O)[nH]c1=O. The average Bonchev–Trinajstić information content (AvgIpc) is 2.99. The van der Waals surface area contributed by atoms with Crippen LogP contribution in [0.4, 0.5) is 17.2 Å². The molecule has 1 aliphatic rings. The molecular weight excluding hydrogens is 394 g/mol. The number of para-hydroxylation sites is 1. The number of aromatic nitrogens is 2. The van der Waals surface area contributed by atoms with Crippen LogP contribution >= 0.6 is 0 Å². The van der Waals surface area contributed by atoms with E-state index in [4.69, 9.17) is 5.73 Å². The van der Waals surface area contributed by atoms with Gasteiger partial charge in [-0.1, -0.05) is 45.9 Å². The molecule has 1 aliphatic heterocycles. The predicted octanol–water partition coefficient (Wildman–Crippen LogP) is 2.21. The molecule has 2 heterocycles. The van der Waals surface area contributed by atoms with E-state index in [9.17, 15) is 14.4 Å². The summed E-state index contributed by atoms with van der Waals surface area (Å²) in [5.41, 5.74) is 7.41. The quantitative estimate of drug-likeness (QED) is 0.705. The van der Waals surface area contributed by atoms with Crippen molar-refractivity contribution in [2.45, 2.75) is 53.6 Å². The highest BCUT2D eigenvalue weighted by molar-refractivity contribution is 5.98. The van der Waals surface area contributed by atoms with Gasteiger partial charge in [0.15, 0.2) is 5.69 Å². The average molecular weight is 428 g/mol. The summed E-state index contributed by atoms with van der Waals surface area (Å²) in [6.07, 6.45) is 0.871. The van der Waals surface area contributed by atoms with E-state index < -0.39 is 11.2 Å². The lowest BCUT2D eigenvalue weighted by Crippen LogP contribution is -2.47. The molecule has 0 fully saturated rings. The summed E-state index contributed by atoms with van der Waals surface area (Å²) in [4.78, 5) is 44.5. The number of nitrogens with one attached hydrogen (secondary N) is 1. The number of fused-ring (bicyclic) bond motifs is 1. The maximum Gasteiger partial charge on any atom is 0.330 e. The zero-order chi connectivity index (χ0) is 22.9. The normalized spacial score (nSPS) is 15.6. The number of H-pyrrole nitrogens is 1. The van der Waals surface area contributed by atoms with Gasteiger partial charge in [0.25, 0.3) is 5.56 Å². The van der Waals surface area contributed by atoms with Gasteiger partial charge in [0.2, 0.25) is 5.91 Å². The van der Waals surface area contributed by atoms with Crippen molar-refractivity contribution in [3.63, 3.8) is 0 Å². The van der Waals surface area contributed by atoms with Crippen molar-refractivity contribution in [1.82, 2.24) is 9.55 Å². The Hall–Kier alpha value is -3.03. The Morgan fingerprint density at radius 1 is 1.19 bits per heavy atom. The van der Waals surface area contributed by atoms with E-state index in [0.717, 1.165) is 12.1 Å². The third kappa shape index (κ3) is 4.68. The topological polar surface area (TPSA) is 104 Å². The summed E-state index contributed by atoms with van der Waals surface area (Å²) >= 11 is 0. The van der Waals surface area contributed by atoms with E-state index in [-0.39, 0.29) is 41.8 Å². The van der Waals surface area contributed by atoms with E-state index in [1.165, 1.54) is 15.0 Å². The highest BCUT2D eigenvalue weighted by Gasteiger charge is 2.31. The molecule has 1 aromatic carbocycles. The molecule has 0 spiro atoms. The van der Waals surface area contributed by atoms with Gasteiger partial charge in [0.05, 0.1) is 6.54 Å². The molecule has 8 nitrogen and oxygen atoms in total. The van der Waals surface area contributed by atoms with Gasteiger partial charge in [-0.25, -0.2) is 4.79 Å². The number of hydrogen-bond acceptors (Lipinski definition) is 5.